The van der Waals surface area contributed by atoms with Crippen molar-refractivity contribution in [3.8, 4) is 0 Å². The lowest BCUT2D eigenvalue weighted by molar-refractivity contribution is 0.134. The Balaban J connectivity index is 1.61. The van der Waals surface area contributed by atoms with Crippen molar-refractivity contribution in [2.24, 2.45) is 5.92 Å². The van der Waals surface area contributed by atoms with Crippen LogP contribution in [0.3, 0.4) is 0 Å². The van der Waals surface area contributed by atoms with Crippen LogP contribution in [0.25, 0.3) is 0 Å². The van der Waals surface area contributed by atoms with E-state index in [4.69, 9.17) is 4.74 Å². The first-order valence-electron chi connectivity index (χ1n) is 7.78. The molecule has 2 nitrogen and oxygen atoms in total. The van der Waals surface area contributed by atoms with Crippen LogP contribution in [0.5, 0.6) is 0 Å². The Kier molecular flexibility index (Phi) is 3.28. The minimum atomic E-state index is 0.420. The molecule has 4 rings (SSSR count). The van der Waals surface area contributed by atoms with Crippen molar-refractivity contribution in [1.29, 1.82) is 0 Å². The quantitative estimate of drug-likeness (QED) is 0.930. The summed E-state index contributed by atoms with van der Waals surface area (Å²) >= 11 is 0. The van der Waals surface area contributed by atoms with Gasteiger partial charge in [-0.1, -0.05) is 42.5 Å². The molecule has 1 unspecified atom stereocenters. The molecule has 0 radical (unpaired) electrons. The Hall–Kier alpha value is -1.64. The molecular weight excluding hydrogens is 258 g/mol. The third kappa shape index (κ3) is 2.29. The van der Waals surface area contributed by atoms with Crippen molar-refractivity contribution >= 4 is 0 Å². The fourth-order valence-corrected chi connectivity index (χ4v) is 3.89. The number of hydrogen-bond acceptors (Lipinski definition) is 2. The van der Waals surface area contributed by atoms with Crippen molar-refractivity contribution < 1.29 is 4.74 Å². The topological polar surface area (TPSA) is 21.3 Å². The standard InChI is InChI=1S/C19H21NO/c1-20-19(15-6-7-16-11-21-12-18(16)10-15)17-8-13-4-2-3-5-14(13)9-17/h2-7,10,17,19-20H,8-9,11-12H2,1H3. The van der Waals surface area contributed by atoms with Gasteiger partial charge >= 0.3 is 0 Å². The smallest absolute Gasteiger partial charge is 0.0725 e. The molecule has 1 atom stereocenters. The molecule has 1 aliphatic heterocycles. The minimum Gasteiger partial charge on any atom is -0.372 e. The van der Waals surface area contributed by atoms with Crippen LogP contribution in [0, 0.1) is 5.92 Å². The summed E-state index contributed by atoms with van der Waals surface area (Å²) in [5.41, 5.74) is 7.16. The predicted molar refractivity (Wildman–Crippen MR) is 84.1 cm³/mol. The van der Waals surface area contributed by atoms with Gasteiger partial charge in [0.05, 0.1) is 13.2 Å². The molecule has 1 heterocycles. The van der Waals surface area contributed by atoms with E-state index < -0.39 is 0 Å². The zero-order valence-corrected chi connectivity index (χ0v) is 12.4. The first kappa shape index (κ1) is 13.1. The second-order valence-corrected chi connectivity index (χ2v) is 6.22. The second kappa shape index (κ2) is 5.28. The number of ether oxygens (including phenoxy) is 1. The molecule has 2 aromatic rings. The molecule has 0 bridgehead atoms. The van der Waals surface area contributed by atoms with Gasteiger partial charge in [0.15, 0.2) is 0 Å². The predicted octanol–water partition coefficient (Wildman–Crippen LogP) is 3.39. The molecule has 0 spiro atoms. The van der Waals surface area contributed by atoms with E-state index in [-0.39, 0.29) is 0 Å². The molecule has 0 saturated carbocycles. The maximum Gasteiger partial charge on any atom is 0.0725 e. The van der Waals surface area contributed by atoms with Crippen molar-refractivity contribution in [2.75, 3.05) is 7.05 Å². The van der Waals surface area contributed by atoms with E-state index in [1.54, 1.807) is 0 Å². The summed E-state index contributed by atoms with van der Waals surface area (Å²) in [4.78, 5) is 0. The van der Waals surface area contributed by atoms with Gasteiger partial charge in [-0.15, -0.1) is 0 Å². The molecule has 108 valence electrons. The van der Waals surface area contributed by atoms with Gasteiger partial charge in [-0.3, -0.25) is 0 Å². The van der Waals surface area contributed by atoms with Gasteiger partial charge in [-0.25, -0.2) is 0 Å². The van der Waals surface area contributed by atoms with E-state index in [9.17, 15) is 0 Å². The van der Waals surface area contributed by atoms with E-state index in [1.807, 2.05) is 0 Å². The van der Waals surface area contributed by atoms with Crippen LogP contribution < -0.4 is 5.32 Å². The summed E-state index contributed by atoms with van der Waals surface area (Å²) in [5, 5.41) is 3.55. The van der Waals surface area contributed by atoms with E-state index in [2.05, 4.69) is 54.8 Å². The SMILES string of the molecule is CNC(c1ccc2c(c1)COC2)C1Cc2ccccc2C1. The Morgan fingerprint density at radius 2 is 1.67 bits per heavy atom. The molecule has 2 aromatic carbocycles. The molecule has 2 aliphatic rings. The Labute approximate surface area is 126 Å². The van der Waals surface area contributed by atoms with Gasteiger partial charge in [-0.2, -0.15) is 0 Å². The normalized spacial score (nSPS) is 18.5. The summed E-state index contributed by atoms with van der Waals surface area (Å²) in [6.07, 6.45) is 2.35. The van der Waals surface area contributed by atoms with Gasteiger partial charge in [0.2, 0.25) is 0 Å². The number of rotatable bonds is 3. The zero-order valence-electron chi connectivity index (χ0n) is 12.4. The van der Waals surface area contributed by atoms with Crippen LogP contribution in [0.4, 0.5) is 0 Å². The van der Waals surface area contributed by atoms with E-state index >= 15 is 0 Å². The van der Waals surface area contributed by atoms with Crippen LogP contribution in [0.15, 0.2) is 42.5 Å². The van der Waals surface area contributed by atoms with E-state index in [1.165, 1.54) is 40.7 Å². The molecule has 0 saturated heterocycles. The molecule has 21 heavy (non-hydrogen) atoms. The third-order valence-electron chi connectivity index (χ3n) is 4.97. The summed E-state index contributed by atoms with van der Waals surface area (Å²) in [5.74, 6) is 0.646. The second-order valence-electron chi connectivity index (χ2n) is 6.22. The first-order chi connectivity index (χ1) is 10.3. The van der Waals surface area contributed by atoms with Crippen molar-refractivity contribution in [3.05, 3.63) is 70.3 Å². The Bertz CT molecular complexity index is 639. The number of hydrogen-bond donors (Lipinski definition) is 1. The van der Waals surface area contributed by atoms with Gasteiger partial charge in [0.1, 0.15) is 0 Å². The van der Waals surface area contributed by atoms with Crippen LogP contribution in [0.2, 0.25) is 0 Å². The lowest BCUT2D eigenvalue weighted by Crippen LogP contribution is -2.25. The van der Waals surface area contributed by atoms with Crippen molar-refractivity contribution in [2.45, 2.75) is 32.1 Å². The Morgan fingerprint density at radius 3 is 2.38 bits per heavy atom. The number of nitrogens with one attached hydrogen (secondary N) is 1. The lowest BCUT2D eigenvalue weighted by Gasteiger charge is -2.24. The van der Waals surface area contributed by atoms with Gasteiger partial charge in [0.25, 0.3) is 0 Å². The number of benzene rings is 2. The summed E-state index contributed by atoms with van der Waals surface area (Å²) < 4.78 is 5.54. The fourth-order valence-electron chi connectivity index (χ4n) is 3.89. The maximum atomic E-state index is 5.54. The highest BCUT2D eigenvalue weighted by molar-refractivity contribution is 5.37. The van der Waals surface area contributed by atoms with Gasteiger partial charge in [0, 0.05) is 6.04 Å². The van der Waals surface area contributed by atoms with Crippen LogP contribution in [-0.4, -0.2) is 7.05 Å². The lowest BCUT2D eigenvalue weighted by atomic mass is 9.89. The highest BCUT2D eigenvalue weighted by Gasteiger charge is 2.29. The molecule has 1 aliphatic carbocycles. The van der Waals surface area contributed by atoms with Crippen LogP contribution in [-0.2, 0) is 30.8 Å². The van der Waals surface area contributed by atoms with E-state index in [0.29, 0.717) is 12.0 Å². The molecular formula is C19H21NO. The highest BCUT2D eigenvalue weighted by Crippen LogP contribution is 2.36. The monoisotopic (exact) mass is 279 g/mol. The van der Waals surface area contributed by atoms with Crippen molar-refractivity contribution in [1.82, 2.24) is 5.32 Å². The molecule has 0 fully saturated rings. The maximum absolute atomic E-state index is 5.54. The number of fused-ring (bicyclic) bond motifs is 2. The molecule has 0 aromatic heterocycles. The fraction of sp³-hybridized carbons (Fsp3) is 0.368. The highest BCUT2D eigenvalue weighted by atomic mass is 16.5. The molecule has 0 amide bonds. The Morgan fingerprint density at radius 1 is 0.952 bits per heavy atom. The third-order valence-corrected chi connectivity index (χ3v) is 4.97. The zero-order chi connectivity index (χ0) is 14.2. The summed E-state index contributed by atoms with van der Waals surface area (Å²) in [7, 11) is 2.08. The summed E-state index contributed by atoms with van der Waals surface area (Å²) in [6.45, 7) is 1.54. The first-order valence-corrected chi connectivity index (χ1v) is 7.78. The molecule has 1 N–H and O–H groups in total. The minimum absolute atomic E-state index is 0.420. The average molecular weight is 279 g/mol. The van der Waals surface area contributed by atoms with Crippen molar-refractivity contribution in [3.63, 3.8) is 0 Å². The van der Waals surface area contributed by atoms with Gasteiger partial charge < -0.3 is 10.1 Å². The van der Waals surface area contributed by atoms with Crippen LogP contribution >= 0.6 is 0 Å². The average Bonchev–Trinajstić information content (AvgIpc) is 3.13. The largest absolute Gasteiger partial charge is 0.372 e. The van der Waals surface area contributed by atoms with E-state index in [0.717, 1.165) is 13.2 Å². The summed E-state index contributed by atoms with van der Waals surface area (Å²) in [6, 6.07) is 16.1. The van der Waals surface area contributed by atoms with Gasteiger partial charge in [-0.05, 0) is 53.6 Å². The molecule has 2 heteroatoms. The van der Waals surface area contributed by atoms with Crippen LogP contribution in [0.1, 0.15) is 33.9 Å².